The van der Waals surface area contributed by atoms with Crippen LogP contribution in [0.25, 0.3) is 0 Å². The first-order chi connectivity index (χ1) is 6.27. The molecule has 1 aromatic carbocycles. The Labute approximate surface area is 86.2 Å². The Balaban J connectivity index is 2.80. The fraction of sp³-hybridized carbons (Fsp3) is 0.200. The van der Waals surface area contributed by atoms with Crippen molar-refractivity contribution in [3.63, 3.8) is 0 Å². The van der Waals surface area contributed by atoms with Gasteiger partial charge in [-0.15, -0.1) is 6.42 Å². The van der Waals surface area contributed by atoms with Crippen molar-refractivity contribution >= 4 is 15.9 Å². The molecule has 2 N–H and O–H groups in total. The molecule has 0 radical (unpaired) electrons. The summed E-state index contributed by atoms with van der Waals surface area (Å²) in [6.07, 6.45) is 5.07. The lowest BCUT2D eigenvalue weighted by molar-refractivity contribution is 0.368. The molecule has 13 heavy (non-hydrogen) atoms. The van der Waals surface area contributed by atoms with Crippen LogP contribution in [-0.4, -0.2) is 6.61 Å². The molecule has 0 aliphatic carbocycles. The molecule has 0 aliphatic rings. The minimum atomic E-state index is 0.278. The third kappa shape index (κ3) is 2.76. The smallest absolute Gasteiger partial charge is 0.148 e. The van der Waals surface area contributed by atoms with Crippen LogP contribution in [-0.2, 0) is 6.54 Å². The minimum absolute atomic E-state index is 0.278. The van der Waals surface area contributed by atoms with Crippen molar-refractivity contribution < 1.29 is 4.74 Å². The number of rotatable bonds is 3. The third-order valence-corrected chi connectivity index (χ3v) is 2.16. The standard InChI is InChI=1S/C10H10BrNO/c1-2-5-13-10-4-3-8(7-12)6-9(10)11/h1,3-4,6H,5,7,12H2. The highest BCUT2D eigenvalue weighted by molar-refractivity contribution is 9.10. The number of terminal acetylenes is 1. The Morgan fingerprint density at radius 1 is 1.54 bits per heavy atom. The lowest BCUT2D eigenvalue weighted by Crippen LogP contribution is -1.98. The number of ether oxygens (including phenoxy) is 1. The molecule has 0 bridgehead atoms. The number of hydrogen-bond acceptors (Lipinski definition) is 2. The maximum Gasteiger partial charge on any atom is 0.148 e. The van der Waals surface area contributed by atoms with E-state index in [1.807, 2.05) is 18.2 Å². The molecule has 0 saturated heterocycles. The summed E-state index contributed by atoms with van der Waals surface area (Å²) in [4.78, 5) is 0. The van der Waals surface area contributed by atoms with Gasteiger partial charge in [-0.05, 0) is 33.6 Å². The molecule has 0 aromatic heterocycles. The Morgan fingerprint density at radius 2 is 2.31 bits per heavy atom. The predicted octanol–water partition coefficient (Wildman–Crippen LogP) is 1.92. The number of hydrogen-bond donors (Lipinski definition) is 1. The second kappa shape index (κ2) is 4.90. The molecule has 1 rings (SSSR count). The van der Waals surface area contributed by atoms with E-state index in [0.717, 1.165) is 15.8 Å². The minimum Gasteiger partial charge on any atom is -0.480 e. The summed E-state index contributed by atoms with van der Waals surface area (Å²) in [5.41, 5.74) is 6.53. The summed E-state index contributed by atoms with van der Waals surface area (Å²) in [5.74, 6) is 3.15. The van der Waals surface area contributed by atoms with Crippen LogP contribution in [0.2, 0.25) is 0 Å². The molecule has 0 saturated carbocycles. The summed E-state index contributed by atoms with van der Waals surface area (Å²) in [6, 6.07) is 5.69. The van der Waals surface area contributed by atoms with Gasteiger partial charge in [0.05, 0.1) is 4.47 Å². The van der Waals surface area contributed by atoms with Crippen LogP contribution in [0.4, 0.5) is 0 Å². The third-order valence-electron chi connectivity index (χ3n) is 1.54. The molecule has 0 spiro atoms. The monoisotopic (exact) mass is 239 g/mol. The van der Waals surface area contributed by atoms with Crippen molar-refractivity contribution in [2.45, 2.75) is 6.54 Å². The zero-order chi connectivity index (χ0) is 9.68. The normalized spacial score (nSPS) is 9.31. The molecular formula is C10H10BrNO. The van der Waals surface area contributed by atoms with Crippen molar-refractivity contribution in [2.24, 2.45) is 5.73 Å². The lowest BCUT2D eigenvalue weighted by Gasteiger charge is -2.05. The summed E-state index contributed by atoms with van der Waals surface area (Å²) in [7, 11) is 0. The van der Waals surface area contributed by atoms with Crippen molar-refractivity contribution in [2.75, 3.05) is 6.61 Å². The molecule has 0 heterocycles. The molecule has 1 aromatic rings. The highest BCUT2D eigenvalue weighted by Crippen LogP contribution is 2.25. The maximum absolute atomic E-state index is 5.47. The van der Waals surface area contributed by atoms with Gasteiger partial charge in [-0.1, -0.05) is 12.0 Å². The number of benzene rings is 1. The quantitative estimate of drug-likeness (QED) is 0.819. The summed E-state index contributed by atoms with van der Waals surface area (Å²) >= 11 is 3.37. The van der Waals surface area contributed by atoms with Gasteiger partial charge in [0.15, 0.2) is 0 Å². The van der Waals surface area contributed by atoms with Crippen molar-refractivity contribution in [3.8, 4) is 18.1 Å². The van der Waals surface area contributed by atoms with Crippen LogP contribution < -0.4 is 10.5 Å². The average molecular weight is 240 g/mol. The molecule has 0 amide bonds. The second-order valence-corrected chi connectivity index (χ2v) is 3.32. The Bertz CT molecular complexity index is 330. The van der Waals surface area contributed by atoms with E-state index in [9.17, 15) is 0 Å². The van der Waals surface area contributed by atoms with Crippen LogP contribution in [0.3, 0.4) is 0 Å². The molecule has 68 valence electrons. The first-order valence-corrected chi connectivity index (χ1v) is 4.62. The topological polar surface area (TPSA) is 35.2 Å². The van der Waals surface area contributed by atoms with Gasteiger partial charge in [-0.25, -0.2) is 0 Å². The fourth-order valence-electron chi connectivity index (χ4n) is 0.908. The van der Waals surface area contributed by atoms with Crippen LogP contribution in [0.5, 0.6) is 5.75 Å². The highest BCUT2D eigenvalue weighted by Gasteiger charge is 2.00. The lowest BCUT2D eigenvalue weighted by atomic mass is 10.2. The van der Waals surface area contributed by atoms with Crippen LogP contribution in [0.1, 0.15) is 5.56 Å². The van der Waals surface area contributed by atoms with E-state index in [4.69, 9.17) is 16.9 Å². The second-order valence-electron chi connectivity index (χ2n) is 2.46. The Hall–Kier alpha value is -0.980. The van der Waals surface area contributed by atoms with Crippen molar-refractivity contribution in [1.82, 2.24) is 0 Å². The largest absolute Gasteiger partial charge is 0.480 e. The van der Waals surface area contributed by atoms with E-state index in [1.54, 1.807) is 0 Å². The van der Waals surface area contributed by atoms with Crippen LogP contribution in [0.15, 0.2) is 22.7 Å². The molecule has 2 nitrogen and oxygen atoms in total. The van der Waals surface area contributed by atoms with E-state index in [1.165, 1.54) is 0 Å². The van der Waals surface area contributed by atoms with Gasteiger partial charge in [0.1, 0.15) is 12.4 Å². The van der Waals surface area contributed by atoms with Crippen LogP contribution >= 0.6 is 15.9 Å². The van der Waals surface area contributed by atoms with E-state index in [2.05, 4.69) is 21.9 Å². The first-order valence-electron chi connectivity index (χ1n) is 3.82. The van der Waals surface area contributed by atoms with Crippen LogP contribution in [0, 0.1) is 12.3 Å². The van der Waals surface area contributed by atoms with Gasteiger partial charge >= 0.3 is 0 Å². The van der Waals surface area contributed by atoms with Gasteiger partial charge in [-0.2, -0.15) is 0 Å². The number of nitrogens with two attached hydrogens (primary N) is 1. The summed E-state index contributed by atoms with van der Waals surface area (Å²) in [6.45, 7) is 0.800. The molecule has 3 heteroatoms. The molecule has 0 fully saturated rings. The Morgan fingerprint density at radius 3 is 2.85 bits per heavy atom. The van der Waals surface area contributed by atoms with Crippen molar-refractivity contribution in [3.05, 3.63) is 28.2 Å². The fourth-order valence-corrected chi connectivity index (χ4v) is 1.45. The molecule has 0 unspecified atom stereocenters. The van der Waals surface area contributed by atoms with E-state index in [-0.39, 0.29) is 6.61 Å². The number of halogens is 1. The molecule has 0 aliphatic heterocycles. The molecular weight excluding hydrogens is 230 g/mol. The van der Waals surface area contributed by atoms with Gasteiger partial charge in [0.2, 0.25) is 0 Å². The van der Waals surface area contributed by atoms with Gasteiger partial charge < -0.3 is 10.5 Å². The van der Waals surface area contributed by atoms with E-state index < -0.39 is 0 Å². The zero-order valence-electron chi connectivity index (χ0n) is 7.09. The zero-order valence-corrected chi connectivity index (χ0v) is 8.67. The van der Waals surface area contributed by atoms with Gasteiger partial charge in [0, 0.05) is 6.54 Å². The summed E-state index contributed by atoms with van der Waals surface area (Å²) < 4.78 is 6.14. The molecule has 0 atom stereocenters. The van der Waals surface area contributed by atoms with Gasteiger partial charge in [0.25, 0.3) is 0 Å². The van der Waals surface area contributed by atoms with Gasteiger partial charge in [-0.3, -0.25) is 0 Å². The summed E-state index contributed by atoms with van der Waals surface area (Å²) in [5, 5.41) is 0. The SMILES string of the molecule is C#CCOc1ccc(CN)cc1Br. The van der Waals surface area contributed by atoms with E-state index >= 15 is 0 Å². The first kappa shape index (κ1) is 10.1. The average Bonchev–Trinajstić information content (AvgIpc) is 2.16. The van der Waals surface area contributed by atoms with Crippen molar-refractivity contribution in [1.29, 1.82) is 0 Å². The maximum atomic E-state index is 5.47. The predicted molar refractivity (Wildman–Crippen MR) is 56.4 cm³/mol. The Kier molecular flexibility index (Phi) is 3.81. The highest BCUT2D eigenvalue weighted by atomic mass is 79.9. The van der Waals surface area contributed by atoms with E-state index in [0.29, 0.717) is 6.54 Å².